The zero-order valence-corrected chi connectivity index (χ0v) is 10.3. The highest BCUT2D eigenvalue weighted by Gasteiger charge is 2.10. The van der Waals surface area contributed by atoms with E-state index in [1.54, 1.807) is 18.2 Å². The van der Waals surface area contributed by atoms with Gasteiger partial charge in [0.15, 0.2) is 11.5 Å². The number of oxazole rings is 1. The number of halogens is 1. The van der Waals surface area contributed by atoms with E-state index in [-0.39, 0.29) is 11.4 Å². The largest absolute Gasteiger partial charge is 0.478 e. The van der Waals surface area contributed by atoms with Crippen molar-refractivity contribution in [2.24, 2.45) is 0 Å². The quantitative estimate of drug-likeness (QED) is 0.794. The van der Waals surface area contributed by atoms with Gasteiger partial charge in [-0.3, -0.25) is 0 Å². The maximum Gasteiger partial charge on any atom is 0.335 e. The number of aromatic carboxylic acids is 1. The number of carboxylic acid groups (broad SMARTS) is 1. The second-order valence-corrected chi connectivity index (χ2v) is 4.40. The molecule has 0 saturated carbocycles. The van der Waals surface area contributed by atoms with Crippen LogP contribution in [0, 0.1) is 5.82 Å². The molecule has 0 aliphatic carbocycles. The molecule has 2 aromatic carbocycles. The molecule has 5 heteroatoms. The van der Waals surface area contributed by atoms with Crippen LogP contribution in [0.25, 0.3) is 11.1 Å². The second kappa shape index (κ2) is 4.77. The number of carboxylic acids is 1. The van der Waals surface area contributed by atoms with Gasteiger partial charge in [-0.1, -0.05) is 12.1 Å². The summed E-state index contributed by atoms with van der Waals surface area (Å²) < 4.78 is 18.6. The summed E-state index contributed by atoms with van der Waals surface area (Å²) in [6, 6.07) is 10.7. The normalized spacial score (nSPS) is 10.8. The third-order valence-corrected chi connectivity index (χ3v) is 2.92. The Morgan fingerprint density at radius 3 is 2.85 bits per heavy atom. The molecule has 0 spiro atoms. The van der Waals surface area contributed by atoms with E-state index in [9.17, 15) is 9.18 Å². The van der Waals surface area contributed by atoms with E-state index in [0.717, 1.165) is 5.56 Å². The van der Waals surface area contributed by atoms with Gasteiger partial charge in [0.2, 0.25) is 0 Å². The summed E-state index contributed by atoms with van der Waals surface area (Å²) in [7, 11) is 0. The average molecular weight is 271 g/mol. The zero-order chi connectivity index (χ0) is 14.1. The van der Waals surface area contributed by atoms with Crippen molar-refractivity contribution in [3.05, 3.63) is 65.3 Å². The van der Waals surface area contributed by atoms with E-state index in [1.165, 1.54) is 24.3 Å². The van der Waals surface area contributed by atoms with Crippen LogP contribution < -0.4 is 0 Å². The van der Waals surface area contributed by atoms with E-state index >= 15 is 0 Å². The number of rotatable bonds is 3. The topological polar surface area (TPSA) is 63.3 Å². The molecule has 1 N–H and O–H groups in total. The Hall–Kier alpha value is -2.69. The Morgan fingerprint density at radius 2 is 2.10 bits per heavy atom. The van der Waals surface area contributed by atoms with Crippen molar-refractivity contribution >= 4 is 17.1 Å². The van der Waals surface area contributed by atoms with Crippen LogP contribution in [0.3, 0.4) is 0 Å². The van der Waals surface area contributed by atoms with Crippen LogP contribution in [-0.2, 0) is 6.42 Å². The lowest BCUT2D eigenvalue weighted by Gasteiger charge is -1.96. The molecule has 3 rings (SSSR count). The molecule has 1 aromatic heterocycles. The van der Waals surface area contributed by atoms with Crippen molar-refractivity contribution in [1.29, 1.82) is 0 Å². The molecule has 0 aliphatic heterocycles. The number of nitrogens with zero attached hydrogens (tertiary/aromatic N) is 1. The summed E-state index contributed by atoms with van der Waals surface area (Å²) in [5.74, 6) is -0.908. The van der Waals surface area contributed by atoms with E-state index in [2.05, 4.69) is 4.98 Å². The molecule has 0 atom stereocenters. The number of carbonyl (C=O) groups is 1. The van der Waals surface area contributed by atoms with Gasteiger partial charge in [0, 0.05) is 6.42 Å². The van der Waals surface area contributed by atoms with Gasteiger partial charge in [-0.2, -0.15) is 0 Å². The lowest BCUT2D eigenvalue weighted by Crippen LogP contribution is -1.94. The van der Waals surface area contributed by atoms with Crippen LogP contribution in [0.1, 0.15) is 21.8 Å². The fraction of sp³-hybridized carbons (Fsp3) is 0.0667. The number of hydrogen-bond acceptors (Lipinski definition) is 3. The highest BCUT2D eigenvalue weighted by molar-refractivity contribution is 5.91. The molecule has 3 aromatic rings. The van der Waals surface area contributed by atoms with Gasteiger partial charge in [0.1, 0.15) is 11.3 Å². The summed E-state index contributed by atoms with van der Waals surface area (Å²) in [5, 5.41) is 8.91. The van der Waals surface area contributed by atoms with Crippen LogP contribution in [0.15, 0.2) is 46.9 Å². The van der Waals surface area contributed by atoms with E-state index in [1.807, 2.05) is 0 Å². The lowest BCUT2D eigenvalue weighted by molar-refractivity contribution is 0.0697. The highest BCUT2D eigenvalue weighted by Crippen LogP contribution is 2.19. The van der Waals surface area contributed by atoms with Crippen LogP contribution in [-0.4, -0.2) is 16.1 Å². The van der Waals surface area contributed by atoms with Gasteiger partial charge in [0.25, 0.3) is 0 Å². The summed E-state index contributed by atoms with van der Waals surface area (Å²) in [6.45, 7) is 0. The van der Waals surface area contributed by atoms with Gasteiger partial charge >= 0.3 is 5.97 Å². The lowest BCUT2D eigenvalue weighted by atomic mass is 10.1. The van der Waals surface area contributed by atoms with E-state index in [4.69, 9.17) is 9.52 Å². The average Bonchev–Trinajstić information content (AvgIpc) is 2.79. The first-order chi connectivity index (χ1) is 9.61. The Morgan fingerprint density at radius 1 is 1.25 bits per heavy atom. The van der Waals surface area contributed by atoms with Gasteiger partial charge in [-0.05, 0) is 35.9 Å². The number of benzene rings is 2. The highest BCUT2D eigenvalue weighted by atomic mass is 19.1. The van der Waals surface area contributed by atoms with Crippen LogP contribution >= 0.6 is 0 Å². The van der Waals surface area contributed by atoms with Gasteiger partial charge < -0.3 is 9.52 Å². The molecule has 0 unspecified atom stereocenters. The summed E-state index contributed by atoms with van der Waals surface area (Å²) >= 11 is 0. The molecule has 1 heterocycles. The van der Waals surface area contributed by atoms with Crippen molar-refractivity contribution in [2.45, 2.75) is 6.42 Å². The van der Waals surface area contributed by atoms with Crippen LogP contribution in [0.2, 0.25) is 0 Å². The Bertz CT molecular complexity index is 795. The second-order valence-electron chi connectivity index (χ2n) is 4.40. The Balaban J connectivity index is 1.95. The number of fused-ring (bicyclic) bond motifs is 1. The van der Waals surface area contributed by atoms with Gasteiger partial charge in [-0.25, -0.2) is 14.2 Å². The first-order valence-corrected chi connectivity index (χ1v) is 5.99. The van der Waals surface area contributed by atoms with Crippen molar-refractivity contribution in [3.8, 4) is 0 Å². The molecular formula is C15H10FNO3. The molecule has 0 saturated heterocycles. The van der Waals surface area contributed by atoms with Crippen LogP contribution in [0.5, 0.6) is 0 Å². The van der Waals surface area contributed by atoms with Crippen molar-refractivity contribution < 1.29 is 18.7 Å². The van der Waals surface area contributed by atoms with Gasteiger partial charge in [0.05, 0.1) is 5.56 Å². The minimum absolute atomic E-state index is 0.144. The minimum Gasteiger partial charge on any atom is -0.478 e. The number of hydrogen-bond donors (Lipinski definition) is 1. The first kappa shape index (κ1) is 12.3. The minimum atomic E-state index is -1.02. The zero-order valence-electron chi connectivity index (χ0n) is 10.3. The monoisotopic (exact) mass is 271 g/mol. The predicted molar refractivity (Wildman–Crippen MR) is 70.2 cm³/mol. The molecule has 100 valence electrons. The third-order valence-electron chi connectivity index (χ3n) is 2.92. The molecule has 0 amide bonds. The summed E-state index contributed by atoms with van der Waals surface area (Å²) in [6.07, 6.45) is 0.356. The Kier molecular flexibility index (Phi) is 2.95. The molecule has 0 aliphatic rings. The van der Waals surface area contributed by atoms with E-state index < -0.39 is 5.97 Å². The maximum absolute atomic E-state index is 13.1. The molecule has 4 nitrogen and oxygen atoms in total. The fourth-order valence-electron chi connectivity index (χ4n) is 2.00. The van der Waals surface area contributed by atoms with Gasteiger partial charge in [-0.15, -0.1) is 0 Å². The predicted octanol–water partition coefficient (Wildman–Crippen LogP) is 3.26. The molecule has 20 heavy (non-hydrogen) atoms. The smallest absolute Gasteiger partial charge is 0.335 e. The Labute approximate surface area is 113 Å². The summed E-state index contributed by atoms with van der Waals surface area (Å²) in [4.78, 5) is 15.1. The first-order valence-electron chi connectivity index (χ1n) is 5.99. The van der Waals surface area contributed by atoms with E-state index in [0.29, 0.717) is 23.4 Å². The van der Waals surface area contributed by atoms with Crippen molar-refractivity contribution in [2.75, 3.05) is 0 Å². The standard InChI is InChI=1S/C15H10FNO3/c16-11-3-1-2-9(6-11)7-14-17-12-5-4-10(15(18)19)8-13(12)20-14/h1-6,8H,7H2,(H,18,19). The molecular weight excluding hydrogens is 261 g/mol. The number of aromatic nitrogens is 1. The molecule has 0 radical (unpaired) electrons. The molecule has 0 bridgehead atoms. The van der Waals surface area contributed by atoms with Crippen molar-refractivity contribution in [3.63, 3.8) is 0 Å². The maximum atomic E-state index is 13.1. The fourth-order valence-corrected chi connectivity index (χ4v) is 2.00. The van der Waals surface area contributed by atoms with Crippen molar-refractivity contribution in [1.82, 2.24) is 4.98 Å². The molecule has 0 fully saturated rings. The third kappa shape index (κ3) is 2.38. The summed E-state index contributed by atoms with van der Waals surface area (Å²) in [5.41, 5.74) is 1.89. The van der Waals surface area contributed by atoms with Crippen LogP contribution in [0.4, 0.5) is 4.39 Å². The SMILES string of the molecule is O=C(O)c1ccc2nc(Cc3cccc(F)c3)oc2c1.